The molecule has 2 unspecified atom stereocenters. The zero-order chi connectivity index (χ0) is 30.3. The fourth-order valence-corrected chi connectivity index (χ4v) is 6.18. The van der Waals surface area contributed by atoms with Crippen LogP contribution in [-0.4, -0.2) is 71.9 Å². The average molecular weight is 583 g/mol. The molecule has 1 heterocycles. The van der Waals surface area contributed by atoms with Gasteiger partial charge in [-0.1, -0.05) is 48.0 Å². The van der Waals surface area contributed by atoms with E-state index >= 15 is 0 Å². The minimum Gasteiger partial charge on any atom is -0.497 e. The van der Waals surface area contributed by atoms with Gasteiger partial charge < -0.3 is 25.6 Å². The van der Waals surface area contributed by atoms with Gasteiger partial charge in [0.05, 0.1) is 13.2 Å². The van der Waals surface area contributed by atoms with Crippen molar-refractivity contribution in [3.05, 3.63) is 101 Å². The highest BCUT2D eigenvalue weighted by Crippen LogP contribution is 2.28. The number of benzene rings is 3. The fraction of sp³-hybridized carbons (Fsp3) is 0.400. The Morgan fingerprint density at radius 1 is 0.907 bits per heavy atom. The van der Waals surface area contributed by atoms with Gasteiger partial charge in [-0.25, -0.2) is 0 Å². The van der Waals surface area contributed by atoms with Crippen LogP contribution in [0.2, 0.25) is 0 Å². The molecule has 2 atom stereocenters. The summed E-state index contributed by atoms with van der Waals surface area (Å²) in [6.07, 6.45) is 4.42. The van der Waals surface area contributed by atoms with Gasteiger partial charge >= 0.3 is 0 Å². The third kappa shape index (κ3) is 7.43. The minimum absolute atomic E-state index is 0.0396. The van der Waals surface area contributed by atoms with E-state index in [2.05, 4.69) is 5.32 Å². The monoisotopic (exact) mass is 582 g/mol. The zero-order valence-corrected chi connectivity index (χ0v) is 25.1. The number of rotatable bonds is 9. The maximum absolute atomic E-state index is 14.0. The van der Waals surface area contributed by atoms with Crippen LogP contribution in [0.1, 0.15) is 63.9 Å². The Hall–Kier alpha value is -4.17. The maximum Gasteiger partial charge on any atom is 0.254 e. The number of hydrogen-bond donors (Lipinski definition) is 2. The highest BCUT2D eigenvalue weighted by atomic mass is 16.5. The first-order valence-electron chi connectivity index (χ1n) is 15.2. The number of nitrogens with one attached hydrogen (secondary N) is 1. The first-order chi connectivity index (χ1) is 20.8. The Morgan fingerprint density at radius 2 is 1.56 bits per heavy atom. The Bertz CT molecular complexity index is 1390. The fourth-order valence-electron chi connectivity index (χ4n) is 6.18. The number of nitrogens with zero attached hydrogens (tertiary/aromatic N) is 2. The number of carbonyl (C=O) groups excluding carboxylic acids is 3. The normalized spacial score (nSPS) is 21.7. The number of likely N-dealkylation sites (tertiary alicyclic amines) is 1. The second-order valence-electron chi connectivity index (χ2n) is 11.8. The molecule has 0 aromatic heterocycles. The number of carbonyl (C=O) groups is 3. The van der Waals surface area contributed by atoms with Crippen LogP contribution in [0.5, 0.6) is 5.75 Å². The Morgan fingerprint density at radius 3 is 2.21 bits per heavy atom. The summed E-state index contributed by atoms with van der Waals surface area (Å²) in [6.45, 7) is 2.71. The summed E-state index contributed by atoms with van der Waals surface area (Å²) in [5.41, 5.74) is 9.33. The first-order valence-corrected chi connectivity index (χ1v) is 15.2. The quantitative estimate of drug-likeness (QED) is 0.390. The summed E-state index contributed by atoms with van der Waals surface area (Å²) in [5, 5.41) is 3.21. The van der Waals surface area contributed by atoms with E-state index in [0.29, 0.717) is 36.3 Å². The van der Waals surface area contributed by atoms with Gasteiger partial charge in [0.2, 0.25) is 5.91 Å². The van der Waals surface area contributed by atoms with Crippen LogP contribution in [-0.2, 0) is 11.2 Å². The number of amides is 3. The molecule has 1 saturated heterocycles. The van der Waals surface area contributed by atoms with Crippen molar-refractivity contribution in [3.8, 4) is 5.75 Å². The molecule has 1 saturated carbocycles. The molecule has 1 aliphatic carbocycles. The third-order valence-corrected chi connectivity index (χ3v) is 8.78. The van der Waals surface area contributed by atoms with Gasteiger partial charge in [0.25, 0.3) is 11.8 Å². The molecule has 2 aliphatic rings. The predicted octanol–water partition coefficient (Wildman–Crippen LogP) is 4.36. The van der Waals surface area contributed by atoms with E-state index in [-0.39, 0.29) is 42.4 Å². The molecule has 3 aromatic carbocycles. The van der Waals surface area contributed by atoms with Crippen molar-refractivity contribution in [3.63, 3.8) is 0 Å². The molecule has 3 N–H and O–H groups in total. The van der Waals surface area contributed by atoms with Crippen molar-refractivity contribution in [2.24, 2.45) is 5.73 Å². The van der Waals surface area contributed by atoms with Crippen LogP contribution in [0, 0.1) is 6.92 Å². The van der Waals surface area contributed by atoms with E-state index in [9.17, 15) is 14.4 Å². The number of nitrogens with two attached hydrogens (primary N) is 1. The van der Waals surface area contributed by atoms with Gasteiger partial charge in [0.1, 0.15) is 11.8 Å². The van der Waals surface area contributed by atoms with E-state index < -0.39 is 6.04 Å². The van der Waals surface area contributed by atoms with Gasteiger partial charge in [0.15, 0.2) is 0 Å². The van der Waals surface area contributed by atoms with Gasteiger partial charge in [0, 0.05) is 36.3 Å². The molecule has 1 aliphatic heterocycles. The van der Waals surface area contributed by atoms with E-state index in [0.717, 1.165) is 36.8 Å². The summed E-state index contributed by atoms with van der Waals surface area (Å²) in [7, 11) is 1.59. The smallest absolute Gasteiger partial charge is 0.254 e. The van der Waals surface area contributed by atoms with Crippen molar-refractivity contribution in [1.82, 2.24) is 15.1 Å². The third-order valence-electron chi connectivity index (χ3n) is 8.78. The average Bonchev–Trinajstić information content (AvgIpc) is 3.48. The molecule has 8 heteroatoms. The van der Waals surface area contributed by atoms with Crippen LogP contribution in [0.3, 0.4) is 0 Å². The lowest BCUT2D eigenvalue weighted by molar-refractivity contribution is -0.125. The van der Waals surface area contributed by atoms with Crippen LogP contribution >= 0.6 is 0 Å². The largest absolute Gasteiger partial charge is 0.497 e. The van der Waals surface area contributed by atoms with Crippen molar-refractivity contribution in [1.29, 1.82) is 0 Å². The Labute approximate surface area is 254 Å². The molecule has 8 nitrogen and oxygen atoms in total. The zero-order valence-electron chi connectivity index (χ0n) is 25.1. The summed E-state index contributed by atoms with van der Waals surface area (Å²) < 4.78 is 5.29. The van der Waals surface area contributed by atoms with Crippen LogP contribution in [0.15, 0.2) is 78.9 Å². The van der Waals surface area contributed by atoms with Gasteiger partial charge in [-0.05, 0) is 87.4 Å². The van der Waals surface area contributed by atoms with Crippen LogP contribution < -0.4 is 15.8 Å². The number of aryl methyl sites for hydroxylation is 1. The van der Waals surface area contributed by atoms with Crippen molar-refractivity contribution >= 4 is 17.7 Å². The van der Waals surface area contributed by atoms with Crippen LogP contribution in [0.4, 0.5) is 0 Å². The lowest BCUT2D eigenvalue weighted by Gasteiger charge is -2.30. The van der Waals surface area contributed by atoms with Crippen molar-refractivity contribution in [2.75, 3.05) is 20.2 Å². The van der Waals surface area contributed by atoms with Crippen molar-refractivity contribution < 1.29 is 19.1 Å². The molecular formula is C35H42N4O4. The second kappa shape index (κ2) is 13.9. The summed E-state index contributed by atoms with van der Waals surface area (Å²) >= 11 is 0. The highest BCUT2D eigenvalue weighted by Gasteiger charge is 2.44. The highest BCUT2D eigenvalue weighted by molar-refractivity contribution is 5.99. The molecule has 0 radical (unpaired) electrons. The summed E-state index contributed by atoms with van der Waals surface area (Å²) in [6, 6.07) is 23.7. The molecule has 226 valence electrons. The second-order valence-corrected chi connectivity index (χ2v) is 11.8. The Balaban J connectivity index is 1.42. The van der Waals surface area contributed by atoms with Gasteiger partial charge in [-0.3, -0.25) is 14.4 Å². The number of hydrogen-bond acceptors (Lipinski definition) is 5. The summed E-state index contributed by atoms with van der Waals surface area (Å²) in [5.74, 6) is 0.175. The molecule has 0 bridgehead atoms. The first kappa shape index (κ1) is 30.3. The molecule has 43 heavy (non-hydrogen) atoms. The van der Waals surface area contributed by atoms with Crippen LogP contribution in [0.25, 0.3) is 0 Å². The predicted molar refractivity (Wildman–Crippen MR) is 167 cm³/mol. The van der Waals surface area contributed by atoms with Gasteiger partial charge in [-0.2, -0.15) is 0 Å². The molecular weight excluding hydrogens is 540 g/mol. The van der Waals surface area contributed by atoms with E-state index in [4.69, 9.17) is 10.5 Å². The van der Waals surface area contributed by atoms with E-state index in [1.54, 1.807) is 48.4 Å². The Kier molecular flexibility index (Phi) is 9.77. The maximum atomic E-state index is 14.0. The molecule has 2 fully saturated rings. The topological polar surface area (TPSA) is 105 Å². The lowest BCUT2D eigenvalue weighted by atomic mass is 9.91. The minimum atomic E-state index is -0.683. The molecule has 5 rings (SSSR count). The van der Waals surface area contributed by atoms with E-state index in [1.165, 1.54) is 0 Å². The molecule has 3 amide bonds. The molecule has 3 aromatic rings. The SMILES string of the molecule is COc1ccc(C(=O)N(CCc2ccccc2)C2CC(C(=O)NC3CCC(N)CC3)N(C(=O)c3ccc(C)cc3)C2)cc1. The summed E-state index contributed by atoms with van der Waals surface area (Å²) in [4.78, 5) is 45.2. The van der Waals surface area contributed by atoms with E-state index in [1.807, 2.05) is 54.3 Å². The van der Waals surface area contributed by atoms with Crippen molar-refractivity contribution in [2.45, 2.75) is 69.6 Å². The lowest BCUT2D eigenvalue weighted by Crippen LogP contribution is -2.50. The standard InChI is InChI=1S/C35H42N4O4/c1-24-8-10-26(11-9-24)35(42)39-23-30(22-32(39)33(40)37-29-16-14-28(36)15-17-29)38(21-20-25-6-4-3-5-7-25)34(41)27-12-18-31(43-2)19-13-27/h3-13,18-19,28-30,32H,14-17,20-23,36H2,1-2H3,(H,37,40). The van der Waals surface area contributed by atoms with Gasteiger partial charge in [-0.15, -0.1) is 0 Å². The molecule has 0 spiro atoms. The number of methoxy groups -OCH3 is 1. The number of ether oxygens (including phenoxy) is 1.